The van der Waals surface area contributed by atoms with Gasteiger partial charge in [-0.2, -0.15) is 11.8 Å². The highest BCUT2D eigenvalue weighted by Crippen LogP contribution is 2.36. The van der Waals surface area contributed by atoms with Crippen molar-refractivity contribution < 1.29 is 9.53 Å². The first-order chi connectivity index (χ1) is 10.0. The van der Waals surface area contributed by atoms with E-state index in [0.717, 1.165) is 11.3 Å². The molecule has 0 aromatic heterocycles. The van der Waals surface area contributed by atoms with Crippen molar-refractivity contribution in [2.75, 3.05) is 24.7 Å². The fraction of sp³-hybridized carbons (Fsp3) is 0.562. The van der Waals surface area contributed by atoms with Gasteiger partial charge in [-0.3, -0.25) is 0 Å². The van der Waals surface area contributed by atoms with Crippen LogP contribution in [0.1, 0.15) is 38.4 Å². The van der Waals surface area contributed by atoms with Crippen molar-refractivity contribution in [3.8, 4) is 0 Å². The molecule has 4 nitrogen and oxygen atoms in total. The Labute approximate surface area is 131 Å². The number of rotatable bonds is 5. The Balaban J connectivity index is 1.87. The van der Waals surface area contributed by atoms with Crippen LogP contribution < -0.4 is 10.6 Å². The maximum atomic E-state index is 12.0. The molecule has 116 valence electrons. The normalized spacial score (nSPS) is 22.8. The van der Waals surface area contributed by atoms with Crippen LogP contribution in [0.4, 0.5) is 10.5 Å². The van der Waals surface area contributed by atoms with Gasteiger partial charge in [-0.25, -0.2) is 4.79 Å². The van der Waals surface area contributed by atoms with E-state index in [4.69, 9.17) is 4.74 Å². The summed E-state index contributed by atoms with van der Waals surface area (Å²) in [6.45, 7) is 4.90. The maximum Gasteiger partial charge on any atom is 0.319 e. The average molecular weight is 308 g/mol. The van der Waals surface area contributed by atoms with E-state index in [1.807, 2.05) is 43.0 Å². The Bertz CT molecular complexity index is 487. The van der Waals surface area contributed by atoms with E-state index in [9.17, 15) is 4.79 Å². The summed E-state index contributed by atoms with van der Waals surface area (Å²) >= 11 is 1.94. The number of carbonyl (C=O) groups is 1. The number of anilines is 1. The van der Waals surface area contributed by atoms with E-state index >= 15 is 0 Å². The second-order valence-electron chi connectivity index (χ2n) is 5.71. The predicted octanol–water partition coefficient (Wildman–Crippen LogP) is 3.80. The highest BCUT2D eigenvalue weighted by Gasteiger charge is 2.29. The Kier molecular flexibility index (Phi) is 5.53. The lowest BCUT2D eigenvalue weighted by Crippen LogP contribution is -2.39. The van der Waals surface area contributed by atoms with Crippen LogP contribution in [0.3, 0.4) is 0 Å². The van der Waals surface area contributed by atoms with Gasteiger partial charge in [0.25, 0.3) is 0 Å². The van der Waals surface area contributed by atoms with Crippen molar-refractivity contribution in [3.63, 3.8) is 0 Å². The maximum absolute atomic E-state index is 12.0. The molecule has 0 spiro atoms. The second-order valence-corrected chi connectivity index (χ2v) is 7.40. The third kappa shape index (κ3) is 4.64. The molecule has 0 radical (unpaired) electrons. The number of thioether (sulfide) groups is 1. The number of amides is 2. The summed E-state index contributed by atoms with van der Waals surface area (Å²) in [5.74, 6) is 1.19. The molecular weight excluding hydrogens is 284 g/mol. The fourth-order valence-electron chi connectivity index (χ4n) is 2.42. The zero-order chi connectivity index (χ0) is 15.3. The van der Waals surface area contributed by atoms with Crippen LogP contribution in [0, 0.1) is 0 Å². The molecule has 0 unspecified atom stereocenters. The molecular formula is C16H24N2O2S. The first-order valence-corrected chi connectivity index (χ1v) is 8.32. The van der Waals surface area contributed by atoms with E-state index in [0.29, 0.717) is 6.54 Å². The van der Waals surface area contributed by atoms with E-state index in [1.165, 1.54) is 18.6 Å². The number of hydrogen-bond acceptors (Lipinski definition) is 3. The number of carbonyl (C=O) groups excluding carboxylic acids is 1. The molecule has 1 saturated heterocycles. The van der Waals surface area contributed by atoms with Crippen LogP contribution in [0.15, 0.2) is 24.3 Å². The second kappa shape index (κ2) is 7.18. The summed E-state index contributed by atoms with van der Waals surface area (Å²) in [6, 6.07) is 7.60. The summed E-state index contributed by atoms with van der Waals surface area (Å²) in [7, 11) is 1.68. The van der Waals surface area contributed by atoms with E-state index < -0.39 is 0 Å². The quantitative estimate of drug-likeness (QED) is 0.870. The van der Waals surface area contributed by atoms with Crippen LogP contribution in [-0.4, -0.2) is 30.2 Å². The molecule has 0 aliphatic carbocycles. The van der Waals surface area contributed by atoms with Gasteiger partial charge in [0.05, 0.1) is 6.10 Å². The number of ether oxygens (including phenoxy) is 1. The van der Waals surface area contributed by atoms with Crippen molar-refractivity contribution in [2.45, 2.75) is 37.5 Å². The minimum Gasteiger partial charge on any atom is -0.377 e. The van der Waals surface area contributed by atoms with Crippen molar-refractivity contribution >= 4 is 23.5 Å². The Morgan fingerprint density at radius 3 is 3.00 bits per heavy atom. The van der Waals surface area contributed by atoms with Gasteiger partial charge in [0.15, 0.2) is 0 Å². The monoisotopic (exact) mass is 308 g/mol. The van der Waals surface area contributed by atoms with Gasteiger partial charge >= 0.3 is 6.03 Å². The number of nitrogens with one attached hydrogen (secondary N) is 2. The van der Waals surface area contributed by atoms with Gasteiger partial charge < -0.3 is 15.4 Å². The topological polar surface area (TPSA) is 50.4 Å². The molecule has 1 aromatic carbocycles. The Hall–Kier alpha value is -1.20. The van der Waals surface area contributed by atoms with Gasteiger partial charge in [0.2, 0.25) is 0 Å². The zero-order valence-electron chi connectivity index (χ0n) is 12.9. The molecule has 1 heterocycles. The Morgan fingerprint density at radius 1 is 1.52 bits per heavy atom. The lowest BCUT2D eigenvalue weighted by molar-refractivity contribution is 0.119. The van der Waals surface area contributed by atoms with Gasteiger partial charge in [0.1, 0.15) is 0 Å². The molecule has 2 atom stereocenters. The highest BCUT2D eigenvalue weighted by molar-refractivity contribution is 8.00. The first-order valence-electron chi connectivity index (χ1n) is 7.34. The minimum absolute atomic E-state index is 0.0172. The molecule has 1 aliphatic rings. The number of benzene rings is 1. The lowest BCUT2D eigenvalue weighted by Gasteiger charge is -2.23. The van der Waals surface area contributed by atoms with Gasteiger partial charge in [-0.15, -0.1) is 0 Å². The first kappa shape index (κ1) is 16.2. The molecule has 1 fully saturated rings. The van der Waals surface area contributed by atoms with Crippen molar-refractivity contribution in [2.24, 2.45) is 0 Å². The summed E-state index contributed by atoms with van der Waals surface area (Å²) in [4.78, 5) is 12.0. The lowest BCUT2D eigenvalue weighted by atomic mass is 10.1. The highest BCUT2D eigenvalue weighted by atomic mass is 32.2. The minimum atomic E-state index is -0.147. The molecule has 2 rings (SSSR count). The average Bonchev–Trinajstić information content (AvgIpc) is 2.92. The largest absolute Gasteiger partial charge is 0.377 e. The number of hydrogen-bond donors (Lipinski definition) is 2. The van der Waals surface area contributed by atoms with Crippen molar-refractivity contribution in [1.29, 1.82) is 0 Å². The number of methoxy groups -OCH3 is 1. The summed E-state index contributed by atoms with van der Waals surface area (Å²) < 4.78 is 5.48. The van der Waals surface area contributed by atoms with Crippen LogP contribution in [-0.2, 0) is 4.74 Å². The van der Waals surface area contributed by atoms with Crippen LogP contribution in [0.25, 0.3) is 0 Å². The Morgan fingerprint density at radius 2 is 2.33 bits per heavy atom. The molecule has 21 heavy (non-hydrogen) atoms. The summed E-state index contributed by atoms with van der Waals surface area (Å²) in [5.41, 5.74) is 1.84. The SMILES string of the molecule is CO[C@H](C)c1cccc(NC(=O)NC[C@]2(C)CCCS2)c1. The van der Waals surface area contributed by atoms with Crippen molar-refractivity contribution in [1.82, 2.24) is 5.32 Å². The molecule has 0 bridgehead atoms. The predicted molar refractivity (Wildman–Crippen MR) is 89.0 cm³/mol. The molecule has 2 N–H and O–H groups in total. The van der Waals surface area contributed by atoms with E-state index in [1.54, 1.807) is 7.11 Å². The third-order valence-electron chi connectivity index (χ3n) is 3.89. The smallest absolute Gasteiger partial charge is 0.319 e. The summed E-state index contributed by atoms with van der Waals surface area (Å²) in [5, 5.41) is 5.86. The molecule has 1 aromatic rings. The van der Waals surface area contributed by atoms with Gasteiger partial charge in [0, 0.05) is 24.1 Å². The molecule has 2 amide bonds. The van der Waals surface area contributed by atoms with Crippen LogP contribution in [0.2, 0.25) is 0 Å². The fourth-order valence-corrected chi connectivity index (χ4v) is 3.67. The number of urea groups is 1. The van der Waals surface area contributed by atoms with E-state index in [2.05, 4.69) is 17.6 Å². The molecule has 5 heteroatoms. The third-order valence-corrected chi connectivity index (χ3v) is 5.43. The van der Waals surface area contributed by atoms with Crippen LogP contribution in [0.5, 0.6) is 0 Å². The standard InChI is InChI=1S/C16H24N2O2S/c1-12(20-3)13-6-4-7-14(10-13)18-15(19)17-11-16(2)8-5-9-21-16/h4,6-7,10,12H,5,8-9,11H2,1-3H3,(H2,17,18,19)/t12-,16+/m1/s1. The van der Waals surface area contributed by atoms with Crippen LogP contribution >= 0.6 is 11.8 Å². The van der Waals surface area contributed by atoms with Crippen molar-refractivity contribution in [3.05, 3.63) is 29.8 Å². The zero-order valence-corrected chi connectivity index (χ0v) is 13.8. The van der Waals surface area contributed by atoms with E-state index in [-0.39, 0.29) is 16.9 Å². The molecule has 1 aliphatic heterocycles. The van der Waals surface area contributed by atoms with Gasteiger partial charge in [-0.1, -0.05) is 12.1 Å². The summed E-state index contributed by atoms with van der Waals surface area (Å²) in [6.07, 6.45) is 2.42. The molecule has 0 saturated carbocycles. The van der Waals surface area contributed by atoms with Gasteiger partial charge in [-0.05, 0) is 50.1 Å².